The number of aromatic nitrogens is 2. The van der Waals surface area contributed by atoms with Crippen LogP contribution in [0.1, 0.15) is 45.6 Å². The van der Waals surface area contributed by atoms with Crippen LogP contribution in [0.25, 0.3) is 28.0 Å². The number of aliphatic imine (C=N–C) groups is 1. The molecule has 0 atom stereocenters. The molecule has 1 aliphatic heterocycles. The van der Waals surface area contributed by atoms with Crippen LogP contribution in [-0.4, -0.2) is 52.0 Å². The summed E-state index contributed by atoms with van der Waals surface area (Å²) < 4.78 is 1.15. The van der Waals surface area contributed by atoms with Gasteiger partial charge in [0.05, 0.1) is 22.3 Å². The van der Waals surface area contributed by atoms with Crippen LogP contribution < -0.4 is 16.6 Å². The third-order valence-electron chi connectivity index (χ3n) is 6.46. The van der Waals surface area contributed by atoms with Crippen molar-refractivity contribution in [2.24, 2.45) is 10.7 Å². The molecule has 9 nitrogen and oxygen atoms in total. The molecule has 3 N–H and O–H groups in total. The maximum Gasteiger partial charge on any atom is 0.275 e. The topological polar surface area (TPSA) is 123 Å². The number of amides is 2. The Balaban J connectivity index is 1.71. The van der Waals surface area contributed by atoms with E-state index in [0.29, 0.717) is 58.1 Å². The molecular formula is C29H33ClN6O3. The molecule has 1 aromatic heterocycles. The first kappa shape index (κ1) is 28.0. The third-order valence-corrected chi connectivity index (χ3v) is 6.78. The van der Waals surface area contributed by atoms with Crippen LogP contribution in [0.4, 0.5) is 5.69 Å². The molecule has 2 aromatic carbocycles. The second kappa shape index (κ2) is 12.3. The van der Waals surface area contributed by atoms with Crippen molar-refractivity contribution in [1.82, 2.24) is 20.0 Å². The van der Waals surface area contributed by atoms with Gasteiger partial charge in [0.1, 0.15) is 12.4 Å². The van der Waals surface area contributed by atoms with Gasteiger partial charge in [-0.15, -0.1) is 0 Å². The summed E-state index contributed by atoms with van der Waals surface area (Å²) in [5.74, 6) is 0.0134. The second-order valence-corrected chi connectivity index (χ2v) is 9.90. The first-order valence-electron chi connectivity index (χ1n) is 13.2. The number of hydrogen-bond donors (Lipinski definition) is 2. The predicted molar refractivity (Wildman–Crippen MR) is 156 cm³/mol. The number of carbonyl (C=O) groups excluding carboxylic acids is 2. The monoisotopic (exact) mass is 548 g/mol. The molecule has 3 aromatic rings. The van der Waals surface area contributed by atoms with E-state index in [1.54, 1.807) is 18.3 Å². The fourth-order valence-electron chi connectivity index (χ4n) is 4.68. The van der Waals surface area contributed by atoms with Gasteiger partial charge >= 0.3 is 0 Å². The molecule has 2 amide bonds. The Labute approximate surface area is 232 Å². The molecular weight excluding hydrogens is 516 g/mol. The van der Waals surface area contributed by atoms with E-state index in [1.165, 1.54) is 0 Å². The summed E-state index contributed by atoms with van der Waals surface area (Å²) in [4.78, 5) is 44.5. The third kappa shape index (κ3) is 6.20. The number of nitrogens with two attached hydrogens (primary N) is 1. The molecule has 2 heterocycles. The minimum Gasteiger partial charge on any atom is -0.387 e. The number of nitrogens with zero attached hydrogens (tertiary/aromatic N) is 4. The molecule has 0 unspecified atom stereocenters. The van der Waals surface area contributed by atoms with Gasteiger partial charge in [-0.3, -0.25) is 14.4 Å². The highest BCUT2D eigenvalue weighted by molar-refractivity contribution is 6.33. The zero-order valence-electron chi connectivity index (χ0n) is 22.5. The highest BCUT2D eigenvalue weighted by atomic mass is 35.5. The van der Waals surface area contributed by atoms with E-state index in [0.717, 1.165) is 28.7 Å². The lowest BCUT2D eigenvalue weighted by molar-refractivity contribution is -0.127. The van der Waals surface area contributed by atoms with Gasteiger partial charge in [0.25, 0.3) is 5.56 Å². The van der Waals surface area contributed by atoms with Crippen LogP contribution in [0.3, 0.4) is 0 Å². The Morgan fingerprint density at radius 2 is 1.85 bits per heavy atom. The number of benzene rings is 2. The number of halogens is 1. The van der Waals surface area contributed by atoms with Crippen molar-refractivity contribution in [2.75, 3.05) is 19.6 Å². The van der Waals surface area contributed by atoms with Crippen molar-refractivity contribution in [3.63, 3.8) is 0 Å². The highest BCUT2D eigenvalue weighted by Gasteiger charge is 2.22. The quantitative estimate of drug-likeness (QED) is 0.413. The summed E-state index contributed by atoms with van der Waals surface area (Å²) in [6, 6.07) is 9.07. The fraction of sp³-hybridized carbons (Fsp3) is 0.345. The van der Waals surface area contributed by atoms with Gasteiger partial charge in [-0.2, -0.15) is 5.10 Å². The molecule has 0 spiro atoms. The molecule has 10 heteroatoms. The Bertz CT molecular complexity index is 1540. The largest absolute Gasteiger partial charge is 0.387 e. The van der Waals surface area contributed by atoms with Crippen molar-refractivity contribution in [2.45, 2.75) is 46.6 Å². The fourth-order valence-corrected chi connectivity index (χ4v) is 4.95. The number of carbonyl (C=O) groups is 2. The number of amidine groups is 1. The summed E-state index contributed by atoms with van der Waals surface area (Å²) in [5.41, 5.74) is 9.28. The summed E-state index contributed by atoms with van der Waals surface area (Å²) in [6.45, 7) is 7.59. The lowest BCUT2D eigenvalue weighted by atomic mass is 9.99. The average molecular weight is 549 g/mol. The van der Waals surface area contributed by atoms with Gasteiger partial charge in [-0.25, -0.2) is 9.67 Å². The van der Waals surface area contributed by atoms with E-state index < -0.39 is 0 Å². The zero-order valence-corrected chi connectivity index (χ0v) is 23.2. The SMILES string of the molecule is CCCN(CCC)C(=O)C1=Cc2c(Cl)cc(-c3ccc4c(=O)n(CC(=O)NCC)ncc4c3)cc2N=C(N)C1. The van der Waals surface area contributed by atoms with Crippen molar-refractivity contribution in [3.05, 3.63) is 63.0 Å². The number of rotatable bonds is 9. The van der Waals surface area contributed by atoms with Crippen LogP contribution >= 0.6 is 11.6 Å². The zero-order chi connectivity index (χ0) is 28.1. The minimum absolute atomic E-state index is 0.0512. The van der Waals surface area contributed by atoms with Crippen molar-refractivity contribution in [1.29, 1.82) is 0 Å². The van der Waals surface area contributed by atoms with Crippen molar-refractivity contribution < 1.29 is 9.59 Å². The number of fused-ring (bicyclic) bond motifs is 2. The van der Waals surface area contributed by atoms with Crippen LogP contribution in [0.15, 0.2) is 51.9 Å². The summed E-state index contributed by atoms with van der Waals surface area (Å²) in [7, 11) is 0. The first-order valence-corrected chi connectivity index (χ1v) is 13.6. The smallest absolute Gasteiger partial charge is 0.275 e. The van der Waals surface area contributed by atoms with Gasteiger partial charge in [0, 0.05) is 42.6 Å². The summed E-state index contributed by atoms with van der Waals surface area (Å²) >= 11 is 6.74. The van der Waals surface area contributed by atoms with Crippen LogP contribution in [-0.2, 0) is 16.1 Å². The molecule has 204 valence electrons. The van der Waals surface area contributed by atoms with E-state index in [9.17, 15) is 14.4 Å². The Morgan fingerprint density at radius 3 is 2.54 bits per heavy atom. The first-order chi connectivity index (χ1) is 18.7. The maximum atomic E-state index is 13.3. The van der Waals surface area contributed by atoms with E-state index >= 15 is 0 Å². The molecule has 0 bridgehead atoms. The molecule has 0 aliphatic carbocycles. The van der Waals surface area contributed by atoms with Crippen LogP contribution in [0, 0.1) is 0 Å². The normalized spacial score (nSPS) is 12.8. The van der Waals surface area contributed by atoms with Gasteiger partial charge < -0.3 is 16.0 Å². The number of nitrogens with one attached hydrogen (secondary N) is 1. The minimum atomic E-state index is -0.342. The van der Waals surface area contributed by atoms with E-state index in [1.807, 2.05) is 49.9 Å². The molecule has 39 heavy (non-hydrogen) atoms. The van der Waals surface area contributed by atoms with E-state index in [2.05, 4.69) is 15.4 Å². The highest BCUT2D eigenvalue weighted by Crippen LogP contribution is 2.37. The molecule has 0 radical (unpaired) electrons. The van der Waals surface area contributed by atoms with Gasteiger partial charge in [-0.1, -0.05) is 31.5 Å². The maximum absolute atomic E-state index is 13.3. The van der Waals surface area contributed by atoms with E-state index in [4.69, 9.17) is 17.3 Å². The van der Waals surface area contributed by atoms with Gasteiger partial charge in [-0.05, 0) is 61.2 Å². The lowest BCUT2D eigenvalue weighted by Crippen LogP contribution is -2.34. The summed E-state index contributed by atoms with van der Waals surface area (Å²) in [6.07, 6.45) is 5.35. The molecule has 0 saturated heterocycles. The van der Waals surface area contributed by atoms with Crippen molar-refractivity contribution in [3.8, 4) is 11.1 Å². The van der Waals surface area contributed by atoms with Gasteiger partial charge in [0.15, 0.2) is 0 Å². The molecule has 0 fully saturated rings. The Kier molecular flexibility index (Phi) is 8.81. The molecule has 4 rings (SSSR count). The lowest BCUT2D eigenvalue weighted by Gasteiger charge is -2.22. The standard InChI is InChI=1S/C29H33ClN6O3/c1-4-9-35(10-5-2)28(38)20-12-23-24(30)13-19(14-25(23)34-26(31)15-20)18-7-8-22-21(11-18)16-33-36(29(22)39)17-27(37)32-6-3/h7-8,11-14,16H,4-6,9-10,15,17H2,1-3H3,(H2,31,34)(H,32,37). The second-order valence-electron chi connectivity index (χ2n) is 9.50. The predicted octanol–water partition coefficient (Wildman–Crippen LogP) is 4.28. The molecule has 1 aliphatic rings. The number of hydrogen-bond acceptors (Lipinski definition) is 6. The van der Waals surface area contributed by atoms with Crippen LogP contribution in [0.2, 0.25) is 5.02 Å². The average Bonchev–Trinajstić information content (AvgIpc) is 3.08. The Hall–Kier alpha value is -3.98. The molecule has 0 saturated carbocycles. The van der Waals surface area contributed by atoms with Crippen molar-refractivity contribution >= 4 is 51.8 Å². The van der Waals surface area contributed by atoms with E-state index in [-0.39, 0.29) is 30.3 Å². The Morgan fingerprint density at radius 1 is 1.10 bits per heavy atom. The summed E-state index contributed by atoms with van der Waals surface area (Å²) in [5, 5.41) is 8.38. The van der Waals surface area contributed by atoms with Crippen LogP contribution in [0.5, 0.6) is 0 Å². The van der Waals surface area contributed by atoms with Gasteiger partial charge in [0.2, 0.25) is 11.8 Å². The number of likely N-dealkylation sites (N-methyl/N-ethyl adjacent to an activating group) is 1.